The summed E-state index contributed by atoms with van der Waals surface area (Å²) in [5, 5.41) is 3.29. The van der Waals surface area contributed by atoms with Gasteiger partial charge in [0.1, 0.15) is 11.8 Å². The van der Waals surface area contributed by atoms with Gasteiger partial charge in [-0.3, -0.25) is 9.59 Å². The number of rotatable bonds is 11. The Morgan fingerprint density at radius 1 is 0.872 bits per heavy atom. The molecule has 0 spiro atoms. The maximum absolute atomic E-state index is 13.8. The summed E-state index contributed by atoms with van der Waals surface area (Å²) in [6.07, 6.45) is 5.90. The Kier molecular flexibility index (Phi) is 10.2. The second-order valence-corrected chi connectivity index (χ2v) is 11.1. The summed E-state index contributed by atoms with van der Waals surface area (Å²) in [5.41, 5.74) is 4.38. The summed E-state index contributed by atoms with van der Waals surface area (Å²) in [7, 11) is 0. The first-order chi connectivity index (χ1) is 18.9. The molecule has 0 aromatic heterocycles. The van der Waals surface area contributed by atoms with E-state index < -0.39 is 6.04 Å². The van der Waals surface area contributed by atoms with Gasteiger partial charge < -0.3 is 15.0 Å². The van der Waals surface area contributed by atoms with Crippen molar-refractivity contribution in [1.82, 2.24) is 10.2 Å². The van der Waals surface area contributed by atoms with Gasteiger partial charge in [0.25, 0.3) is 5.91 Å². The normalized spacial score (nSPS) is 14.6. The number of carbonyl (C=O) groups excluding carboxylic acids is 2. The predicted octanol–water partition coefficient (Wildman–Crippen LogP) is 6.59. The van der Waals surface area contributed by atoms with Gasteiger partial charge in [-0.05, 0) is 54.5 Å². The summed E-state index contributed by atoms with van der Waals surface area (Å²) in [5.74, 6) is 0.775. The lowest BCUT2D eigenvalue weighted by molar-refractivity contribution is -0.143. The van der Waals surface area contributed by atoms with Gasteiger partial charge >= 0.3 is 0 Å². The molecule has 0 bridgehead atoms. The van der Waals surface area contributed by atoms with Crippen LogP contribution in [0.3, 0.4) is 0 Å². The van der Waals surface area contributed by atoms with Crippen molar-refractivity contribution in [1.29, 1.82) is 0 Å². The molecule has 0 heterocycles. The second-order valence-electron chi connectivity index (χ2n) is 11.1. The van der Waals surface area contributed by atoms with Crippen LogP contribution in [0.5, 0.6) is 5.75 Å². The molecule has 0 aliphatic heterocycles. The van der Waals surface area contributed by atoms with E-state index in [0.717, 1.165) is 42.4 Å². The van der Waals surface area contributed by atoms with E-state index >= 15 is 0 Å². The molecule has 0 radical (unpaired) electrons. The molecular formula is C34H42N2O3. The number of hydrogen-bond acceptors (Lipinski definition) is 3. The zero-order valence-corrected chi connectivity index (χ0v) is 23.6. The highest BCUT2D eigenvalue weighted by Crippen LogP contribution is 2.21. The minimum Gasteiger partial charge on any atom is -0.484 e. The van der Waals surface area contributed by atoms with Gasteiger partial charge in [-0.1, -0.05) is 105 Å². The van der Waals surface area contributed by atoms with Crippen molar-refractivity contribution in [3.8, 4) is 5.75 Å². The van der Waals surface area contributed by atoms with Crippen molar-refractivity contribution in [3.63, 3.8) is 0 Å². The summed E-state index contributed by atoms with van der Waals surface area (Å²) < 4.78 is 5.95. The van der Waals surface area contributed by atoms with E-state index in [2.05, 4.69) is 19.2 Å². The van der Waals surface area contributed by atoms with Gasteiger partial charge in [0.05, 0.1) is 0 Å². The Balaban J connectivity index is 1.58. The van der Waals surface area contributed by atoms with Crippen LogP contribution in [0, 0.1) is 6.92 Å². The van der Waals surface area contributed by atoms with E-state index in [0.29, 0.717) is 24.6 Å². The predicted molar refractivity (Wildman–Crippen MR) is 157 cm³/mol. The molecule has 3 aromatic carbocycles. The van der Waals surface area contributed by atoms with Crippen molar-refractivity contribution in [2.24, 2.45) is 0 Å². The van der Waals surface area contributed by atoms with Gasteiger partial charge in [0.15, 0.2) is 6.61 Å². The molecular weight excluding hydrogens is 484 g/mol. The van der Waals surface area contributed by atoms with E-state index in [-0.39, 0.29) is 24.5 Å². The fourth-order valence-electron chi connectivity index (χ4n) is 5.17. The quantitative estimate of drug-likeness (QED) is 0.307. The fraction of sp³-hybridized carbons (Fsp3) is 0.412. The van der Waals surface area contributed by atoms with Crippen molar-refractivity contribution in [2.75, 3.05) is 6.61 Å². The highest BCUT2D eigenvalue weighted by Gasteiger charge is 2.32. The smallest absolute Gasteiger partial charge is 0.261 e. The Bertz CT molecular complexity index is 1180. The van der Waals surface area contributed by atoms with Crippen LogP contribution in [0.2, 0.25) is 0 Å². The summed E-state index contributed by atoms with van der Waals surface area (Å²) >= 11 is 0. The van der Waals surface area contributed by atoms with Crippen molar-refractivity contribution in [2.45, 2.75) is 83.8 Å². The van der Waals surface area contributed by atoms with Crippen LogP contribution in [0.4, 0.5) is 0 Å². The van der Waals surface area contributed by atoms with Gasteiger partial charge in [-0.15, -0.1) is 0 Å². The Morgan fingerprint density at radius 2 is 1.54 bits per heavy atom. The lowest BCUT2D eigenvalue weighted by Crippen LogP contribution is -2.53. The first-order valence-corrected chi connectivity index (χ1v) is 14.3. The topological polar surface area (TPSA) is 58.6 Å². The molecule has 1 aliphatic rings. The first kappa shape index (κ1) is 28.4. The standard InChI is InChI=1S/C34H42N2O3/c1-25(2)29-18-20-31(21-19-29)39-24-33(37)36(23-28-16-14-26(3)15-17-28)32(22-27-10-6-4-7-11-27)34(38)35-30-12-8-5-9-13-30/h4,6-7,10-11,14-21,25,30,32H,5,8-9,12-13,22-24H2,1-3H3,(H,35,38). The van der Waals surface area contributed by atoms with Gasteiger partial charge in [0.2, 0.25) is 5.91 Å². The molecule has 1 aliphatic carbocycles. The van der Waals surface area contributed by atoms with Crippen LogP contribution in [0.15, 0.2) is 78.9 Å². The first-order valence-electron chi connectivity index (χ1n) is 14.3. The fourth-order valence-corrected chi connectivity index (χ4v) is 5.17. The van der Waals surface area contributed by atoms with Crippen LogP contribution in [0.1, 0.15) is 74.1 Å². The highest BCUT2D eigenvalue weighted by molar-refractivity contribution is 5.88. The minimum atomic E-state index is -0.643. The maximum Gasteiger partial charge on any atom is 0.261 e. The molecule has 1 fully saturated rings. The van der Waals surface area contributed by atoms with Gasteiger partial charge in [0, 0.05) is 19.0 Å². The SMILES string of the molecule is Cc1ccc(CN(C(=O)COc2ccc(C(C)C)cc2)C(Cc2ccccc2)C(=O)NC2CCCCC2)cc1. The Hall–Kier alpha value is -3.60. The zero-order chi connectivity index (χ0) is 27.6. The van der Waals surface area contributed by atoms with Crippen molar-refractivity contribution < 1.29 is 14.3 Å². The summed E-state index contributed by atoms with van der Waals surface area (Å²) in [6, 6.07) is 25.5. The molecule has 5 heteroatoms. The van der Waals surface area contributed by atoms with E-state index in [1.165, 1.54) is 12.0 Å². The van der Waals surface area contributed by atoms with Crippen LogP contribution in [0.25, 0.3) is 0 Å². The molecule has 0 saturated heterocycles. The second kappa shape index (κ2) is 14.0. The lowest BCUT2D eigenvalue weighted by Gasteiger charge is -2.33. The van der Waals surface area contributed by atoms with E-state index in [1.54, 1.807) is 4.90 Å². The number of nitrogens with zero attached hydrogens (tertiary/aromatic N) is 1. The minimum absolute atomic E-state index is 0.0903. The molecule has 206 valence electrons. The summed E-state index contributed by atoms with van der Waals surface area (Å²) in [4.78, 5) is 29.4. The monoisotopic (exact) mass is 526 g/mol. The number of aryl methyl sites for hydroxylation is 1. The van der Waals surface area contributed by atoms with Crippen LogP contribution in [-0.2, 0) is 22.6 Å². The molecule has 3 aromatic rings. The molecule has 1 N–H and O–H groups in total. The highest BCUT2D eigenvalue weighted by atomic mass is 16.5. The Labute approximate surface area is 233 Å². The number of nitrogens with one attached hydrogen (secondary N) is 1. The molecule has 1 saturated carbocycles. The van der Waals surface area contributed by atoms with Crippen LogP contribution >= 0.6 is 0 Å². The molecule has 39 heavy (non-hydrogen) atoms. The Morgan fingerprint density at radius 3 is 2.18 bits per heavy atom. The number of benzene rings is 3. The van der Waals surface area contributed by atoms with Crippen molar-refractivity contribution in [3.05, 3.63) is 101 Å². The average Bonchev–Trinajstić information content (AvgIpc) is 2.96. The van der Waals surface area contributed by atoms with Gasteiger partial charge in [-0.2, -0.15) is 0 Å². The zero-order valence-electron chi connectivity index (χ0n) is 23.6. The molecule has 1 atom stereocenters. The van der Waals surface area contributed by atoms with E-state index in [4.69, 9.17) is 4.74 Å². The van der Waals surface area contributed by atoms with E-state index in [9.17, 15) is 9.59 Å². The number of amides is 2. The third-order valence-corrected chi connectivity index (χ3v) is 7.61. The van der Waals surface area contributed by atoms with E-state index in [1.807, 2.05) is 85.8 Å². The third-order valence-electron chi connectivity index (χ3n) is 7.61. The van der Waals surface area contributed by atoms with Gasteiger partial charge in [-0.25, -0.2) is 0 Å². The number of hydrogen-bond donors (Lipinski definition) is 1. The molecule has 5 nitrogen and oxygen atoms in total. The summed E-state index contributed by atoms with van der Waals surface area (Å²) in [6.45, 7) is 6.54. The lowest BCUT2D eigenvalue weighted by atomic mass is 9.94. The average molecular weight is 527 g/mol. The largest absolute Gasteiger partial charge is 0.484 e. The number of ether oxygens (including phenoxy) is 1. The van der Waals surface area contributed by atoms with Crippen molar-refractivity contribution >= 4 is 11.8 Å². The maximum atomic E-state index is 13.8. The van der Waals surface area contributed by atoms with Crippen LogP contribution in [-0.4, -0.2) is 35.4 Å². The molecule has 1 unspecified atom stereocenters. The molecule has 2 amide bonds. The molecule has 4 rings (SSSR count). The number of carbonyl (C=O) groups is 2. The van der Waals surface area contributed by atoms with Crippen LogP contribution < -0.4 is 10.1 Å². The third kappa shape index (κ3) is 8.44.